The monoisotopic (exact) mass is 278 g/mol. The molecule has 1 aromatic carbocycles. The minimum atomic E-state index is -1.13. The van der Waals surface area contributed by atoms with Gasteiger partial charge in [-0.05, 0) is 29.8 Å². The smallest absolute Gasteiger partial charge is 0.354 e. The molecule has 19 heavy (non-hydrogen) atoms. The summed E-state index contributed by atoms with van der Waals surface area (Å²) in [6.07, 6.45) is 0. The third-order valence-corrected chi connectivity index (χ3v) is 2.61. The molecule has 0 aliphatic heterocycles. The Balaban J connectivity index is 2.15. The van der Waals surface area contributed by atoms with Crippen molar-refractivity contribution in [3.63, 3.8) is 0 Å². The number of carbonyl (C=O) groups is 1. The Labute approximate surface area is 114 Å². The molecule has 0 radical (unpaired) electrons. The molecule has 6 heteroatoms. The fourth-order valence-electron chi connectivity index (χ4n) is 1.46. The predicted molar refractivity (Wildman–Crippen MR) is 71.4 cm³/mol. The van der Waals surface area contributed by atoms with E-state index in [-0.39, 0.29) is 23.9 Å². The van der Waals surface area contributed by atoms with E-state index in [1.165, 1.54) is 12.1 Å². The van der Waals surface area contributed by atoms with E-state index in [1.54, 1.807) is 18.2 Å². The highest BCUT2D eigenvalue weighted by Gasteiger charge is 2.09. The van der Waals surface area contributed by atoms with Crippen molar-refractivity contribution in [2.75, 3.05) is 5.73 Å². The van der Waals surface area contributed by atoms with Gasteiger partial charge in [0.15, 0.2) is 5.69 Å². The normalized spacial score (nSPS) is 10.2. The maximum absolute atomic E-state index is 10.8. The van der Waals surface area contributed by atoms with Crippen LogP contribution in [0.1, 0.15) is 16.1 Å². The SMILES string of the molecule is Nc1ccc(C(=O)O)nc1OCc1cccc(Cl)c1. The average molecular weight is 279 g/mol. The molecular weight excluding hydrogens is 268 g/mol. The molecule has 5 nitrogen and oxygen atoms in total. The number of nitrogens with zero attached hydrogens (tertiary/aromatic N) is 1. The Bertz CT molecular complexity index is 617. The van der Waals surface area contributed by atoms with Crippen molar-refractivity contribution in [3.8, 4) is 5.88 Å². The van der Waals surface area contributed by atoms with Gasteiger partial charge in [0.05, 0.1) is 5.69 Å². The Kier molecular flexibility index (Phi) is 3.87. The van der Waals surface area contributed by atoms with Crippen LogP contribution in [0.4, 0.5) is 5.69 Å². The fraction of sp³-hybridized carbons (Fsp3) is 0.0769. The summed E-state index contributed by atoms with van der Waals surface area (Å²) in [5.41, 5.74) is 6.69. The molecule has 1 heterocycles. The lowest BCUT2D eigenvalue weighted by Crippen LogP contribution is -2.06. The number of aromatic carboxylic acids is 1. The zero-order valence-corrected chi connectivity index (χ0v) is 10.6. The van der Waals surface area contributed by atoms with Crippen LogP contribution in [-0.2, 0) is 6.61 Å². The molecule has 0 amide bonds. The molecule has 0 fully saturated rings. The molecule has 3 N–H and O–H groups in total. The topological polar surface area (TPSA) is 85.4 Å². The molecule has 0 spiro atoms. The Hall–Kier alpha value is -2.27. The number of carboxylic acids is 1. The first kappa shape index (κ1) is 13.2. The second-order valence-corrected chi connectivity index (χ2v) is 4.25. The number of halogens is 1. The van der Waals surface area contributed by atoms with E-state index in [4.69, 9.17) is 27.2 Å². The lowest BCUT2D eigenvalue weighted by Gasteiger charge is -2.08. The summed E-state index contributed by atoms with van der Waals surface area (Å²) in [6, 6.07) is 9.91. The van der Waals surface area contributed by atoms with Crippen LogP contribution >= 0.6 is 11.6 Å². The first-order chi connectivity index (χ1) is 9.06. The van der Waals surface area contributed by atoms with Crippen molar-refractivity contribution in [2.45, 2.75) is 6.61 Å². The molecule has 0 bridgehead atoms. The Morgan fingerprint density at radius 3 is 2.84 bits per heavy atom. The van der Waals surface area contributed by atoms with Crippen LogP contribution in [0.3, 0.4) is 0 Å². The molecule has 0 atom stereocenters. The number of anilines is 1. The summed E-state index contributed by atoms with van der Waals surface area (Å²) >= 11 is 5.85. The molecule has 1 aromatic heterocycles. The van der Waals surface area contributed by atoms with Gasteiger partial charge in [-0.1, -0.05) is 23.7 Å². The Morgan fingerprint density at radius 1 is 1.37 bits per heavy atom. The van der Waals surface area contributed by atoms with Gasteiger partial charge in [0, 0.05) is 5.02 Å². The number of carboxylic acid groups (broad SMARTS) is 1. The highest BCUT2D eigenvalue weighted by Crippen LogP contribution is 2.20. The lowest BCUT2D eigenvalue weighted by atomic mass is 10.2. The van der Waals surface area contributed by atoms with Gasteiger partial charge in [0.1, 0.15) is 6.61 Å². The number of pyridine rings is 1. The number of rotatable bonds is 4. The van der Waals surface area contributed by atoms with Gasteiger partial charge < -0.3 is 15.6 Å². The van der Waals surface area contributed by atoms with Crippen LogP contribution in [0.15, 0.2) is 36.4 Å². The molecular formula is C13H11ClN2O3. The van der Waals surface area contributed by atoms with Gasteiger partial charge in [0.25, 0.3) is 0 Å². The first-order valence-corrected chi connectivity index (χ1v) is 5.81. The number of hydrogen-bond donors (Lipinski definition) is 2. The molecule has 0 aliphatic carbocycles. The van der Waals surface area contributed by atoms with E-state index in [2.05, 4.69) is 4.98 Å². The van der Waals surface area contributed by atoms with E-state index in [0.29, 0.717) is 5.02 Å². The van der Waals surface area contributed by atoms with Crippen LogP contribution in [0, 0.1) is 0 Å². The third kappa shape index (κ3) is 3.35. The highest BCUT2D eigenvalue weighted by atomic mass is 35.5. The predicted octanol–water partition coefficient (Wildman–Crippen LogP) is 2.59. The van der Waals surface area contributed by atoms with Gasteiger partial charge in [-0.25, -0.2) is 9.78 Å². The van der Waals surface area contributed by atoms with Gasteiger partial charge in [0.2, 0.25) is 5.88 Å². The van der Waals surface area contributed by atoms with Crippen molar-refractivity contribution >= 4 is 23.3 Å². The molecule has 98 valence electrons. The van der Waals surface area contributed by atoms with E-state index in [9.17, 15) is 4.79 Å². The fourth-order valence-corrected chi connectivity index (χ4v) is 1.68. The summed E-state index contributed by atoms with van der Waals surface area (Å²) in [5.74, 6) is -1.03. The minimum Gasteiger partial charge on any atom is -0.477 e. The quantitative estimate of drug-likeness (QED) is 0.898. The lowest BCUT2D eigenvalue weighted by molar-refractivity contribution is 0.0689. The van der Waals surface area contributed by atoms with E-state index >= 15 is 0 Å². The zero-order chi connectivity index (χ0) is 13.8. The van der Waals surface area contributed by atoms with Crippen LogP contribution in [0.5, 0.6) is 5.88 Å². The zero-order valence-electron chi connectivity index (χ0n) is 9.84. The first-order valence-electron chi connectivity index (χ1n) is 5.43. The second-order valence-electron chi connectivity index (χ2n) is 3.81. The standard InChI is InChI=1S/C13H11ClN2O3/c14-9-3-1-2-8(6-9)7-19-12-10(15)4-5-11(16-12)13(17)18/h1-6H,7,15H2,(H,17,18). The highest BCUT2D eigenvalue weighted by molar-refractivity contribution is 6.30. The van der Waals surface area contributed by atoms with Gasteiger partial charge in [-0.2, -0.15) is 0 Å². The molecule has 2 rings (SSSR count). The van der Waals surface area contributed by atoms with Crippen LogP contribution < -0.4 is 10.5 Å². The van der Waals surface area contributed by atoms with Crippen molar-refractivity contribution < 1.29 is 14.6 Å². The van der Waals surface area contributed by atoms with Crippen molar-refractivity contribution in [3.05, 3.63) is 52.7 Å². The molecule has 0 saturated carbocycles. The van der Waals surface area contributed by atoms with E-state index in [1.807, 2.05) is 6.07 Å². The van der Waals surface area contributed by atoms with Crippen molar-refractivity contribution in [1.29, 1.82) is 0 Å². The molecule has 0 aliphatic rings. The summed E-state index contributed by atoms with van der Waals surface area (Å²) in [5, 5.41) is 9.44. The van der Waals surface area contributed by atoms with Gasteiger partial charge >= 0.3 is 5.97 Å². The van der Waals surface area contributed by atoms with Gasteiger partial charge in [-0.3, -0.25) is 0 Å². The van der Waals surface area contributed by atoms with Crippen LogP contribution in [0.2, 0.25) is 5.02 Å². The number of aromatic nitrogens is 1. The van der Waals surface area contributed by atoms with Crippen molar-refractivity contribution in [2.24, 2.45) is 0 Å². The van der Waals surface area contributed by atoms with Crippen LogP contribution in [0.25, 0.3) is 0 Å². The van der Waals surface area contributed by atoms with E-state index in [0.717, 1.165) is 5.56 Å². The molecule has 0 unspecified atom stereocenters. The Morgan fingerprint density at radius 2 is 2.16 bits per heavy atom. The summed E-state index contributed by atoms with van der Waals surface area (Å²) in [7, 11) is 0. The maximum Gasteiger partial charge on any atom is 0.354 e. The third-order valence-electron chi connectivity index (χ3n) is 2.37. The summed E-state index contributed by atoms with van der Waals surface area (Å²) in [4.78, 5) is 14.6. The summed E-state index contributed by atoms with van der Waals surface area (Å²) in [6.45, 7) is 0.209. The molecule has 0 saturated heterocycles. The second kappa shape index (κ2) is 5.58. The summed E-state index contributed by atoms with van der Waals surface area (Å²) < 4.78 is 5.41. The van der Waals surface area contributed by atoms with Crippen LogP contribution in [-0.4, -0.2) is 16.1 Å². The number of ether oxygens (including phenoxy) is 1. The average Bonchev–Trinajstić information content (AvgIpc) is 2.37. The van der Waals surface area contributed by atoms with Gasteiger partial charge in [-0.15, -0.1) is 0 Å². The van der Waals surface area contributed by atoms with Crippen molar-refractivity contribution in [1.82, 2.24) is 4.98 Å². The number of nitrogens with two attached hydrogens (primary N) is 1. The largest absolute Gasteiger partial charge is 0.477 e. The van der Waals surface area contributed by atoms with E-state index < -0.39 is 5.97 Å². The maximum atomic E-state index is 10.8. The minimum absolute atomic E-state index is 0.0971. The number of benzene rings is 1. The number of hydrogen-bond acceptors (Lipinski definition) is 4. The molecule has 2 aromatic rings. The number of nitrogen functional groups attached to an aromatic ring is 1.